The van der Waals surface area contributed by atoms with Crippen LogP contribution in [0.2, 0.25) is 5.02 Å². The molecule has 0 aliphatic heterocycles. The van der Waals surface area contributed by atoms with E-state index in [0.29, 0.717) is 10.7 Å². The molecular formula is C8H8ClN3OS. The van der Waals surface area contributed by atoms with Crippen molar-refractivity contribution in [2.75, 3.05) is 5.32 Å². The summed E-state index contributed by atoms with van der Waals surface area (Å²) in [6, 6.07) is 6.23. The predicted molar refractivity (Wildman–Crippen MR) is 60.4 cm³/mol. The first kappa shape index (κ1) is 10.7. The summed E-state index contributed by atoms with van der Waals surface area (Å²) in [5.41, 5.74) is 5.56. The summed E-state index contributed by atoms with van der Waals surface area (Å²) in [5.74, 6) is 0. The summed E-state index contributed by atoms with van der Waals surface area (Å²) in [4.78, 5) is 10.4. The van der Waals surface area contributed by atoms with Crippen molar-refractivity contribution in [3.8, 4) is 0 Å². The Morgan fingerprint density at radius 1 is 1.50 bits per heavy atom. The second-order valence-corrected chi connectivity index (χ2v) is 3.30. The normalized spacial score (nSPS) is 9.21. The van der Waals surface area contributed by atoms with Crippen LogP contribution in [0.25, 0.3) is 0 Å². The molecule has 4 nitrogen and oxygen atoms in total. The first-order chi connectivity index (χ1) is 6.58. The van der Waals surface area contributed by atoms with Crippen LogP contribution < -0.4 is 16.4 Å². The van der Waals surface area contributed by atoms with Crippen molar-refractivity contribution >= 4 is 40.6 Å². The number of carbonyl (C=O) groups excluding carboxylic acids is 1. The van der Waals surface area contributed by atoms with Crippen LogP contribution in [0.3, 0.4) is 0 Å². The average Bonchev–Trinajstić information content (AvgIpc) is 2.01. The van der Waals surface area contributed by atoms with E-state index in [4.69, 9.17) is 29.6 Å². The van der Waals surface area contributed by atoms with E-state index >= 15 is 0 Å². The van der Waals surface area contributed by atoms with Gasteiger partial charge in [-0.15, -0.1) is 0 Å². The van der Waals surface area contributed by atoms with Crippen molar-refractivity contribution in [3.05, 3.63) is 29.3 Å². The number of anilines is 1. The third-order valence-corrected chi connectivity index (χ3v) is 1.76. The van der Waals surface area contributed by atoms with Gasteiger partial charge in [0.2, 0.25) is 0 Å². The SMILES string of the molecule is NC(=O)NC(=S)Nc1cccc(Cl)c1. The van der Waals surface area contributed by atoms with Crippen LogP contribution in [0.4, 0.5) is 10.5 Å². The van der Waals surface area contributed by atoms with Gasteiger partial charge in [-0.25, -0.2) is 4.79 Å². The van der Waals surface area contributed by atoms with E-state index in [2.05, 4.69) is 10.6 Å². The van der Waals surface area contributed by atoms with Gasteiger partial charge in [-0.2, -0.15) is 0 Å². The van der Waals surface area contributed by atoms with Crippen LogP contribution in [0.15, 0.2) is 24.3 Å². The van der Waals surface area contributed by atoms with E-state index in [1.54, 1.807) is 24.3 Å². The molecule has 0 aromatic heterocycles. The van der Waals surface area contributed by atoms with Crippen molar-refractivity contribution < 1.29 is 4.79 Å². The molecule has 0 aliphatic rings. The van der Waals surface area contributed by atoms with Gasteiger partial charge in [-0.05, 0) is 30.4 Å². The number of amides is 2. The lowest BCUT2D eigenvalue weighted by molar-refractivity contribution is 0.253. The number of rotatable bonds is 1. The quantitative estimate of drug-likeness (QED) is 0.643. The fourth-order valence-corrected chi connectivity index (χ4v) is 1.25. The number of hydrogen-bond acceptors (Lipinski definition) is 2. The lowest BCUT2D eigenvalue weighted by Gasteiger charge is -2.07. The van der Waals surface area contributed by atoms with Crippen molar-refractivity contribution in [2.24, 2.45) is 5.73 Å². The summed E-state index contributed by atoms with van der Waals surface area (Å²) in [6.07, 6.45) is 0. The van der Waals surface area contributed by atoms with Crippen LogP contribution in [-0.2, 0) is 0 Å². The highest BCUT2D eigenvalue weighted by Gasteiger charge is 1.99. The molecule has 0 fully saturated rings. The molecule has 0 aliphatic carbocycles. The Hall–Kier alpha value is -1.33. The minimum Gasteiger partial charge on any atom is -0.351 e. The second kappa shape index (κ2) is 4.78. The Labute approximate surface area is 91.4 Å². The van der Waals surface area contributed by atoms with Gasteiger partial charge in [0.25, 0.3) is 0 Å². The maximum Gasteiger partial charge on any atom is 0.318 e. The highest BCUT2D eigenvalue weighted by atomic mass is 35.5. The summed E-state index contributed by atoms with van der Waals surface area (Å²) in [7, 11) is 0. The lowest BCUT2D eigenvalue weighted by atomic mass is 10.3. The molecule has 0 saturated carbocycles. The van der Waals surface area contributed by atoms with Gasteiger partial charge >= 0.3 is 6.03 Å². The smallest absolute Gasteiger partial charge is 0.318 e. The largest absolute Gasteiger partial charge is 0.351 e. The van der Waals surface area contributed by atoms with Gasteiger partial charge in [-0.1, -0.05) is 17.7 Å². The van der Waals surface area contributed by atoms with E-state index in [1.807, 2.05) is 0 Å². The van der Waals surface area contributed by atoms with Crippen molar-refractivity contribution in [2.45, 2.75) is 0 Å². The third kappa shape index (κ3) is 3.59. The van der Waals surface area contributed by atoms with E-state index in [1.165, 1.54) is 0 Å². The van der Waals surface area contributed by atoms with Gasteiger partial charge in [0.15, 0.2) is 5.11 Å². The molecule has 14 heavy (non-hydrogen) atoms. The average molecular weight is 230 g/mol. The van der Waals surface area contributed by atoms with Gasteiger partial charge in [0.05, 0.1) is 0 Å². The monoisotopic (exact) mass is 229 g/mol. The zero-order valence-electron chi connectivity index (χ0n) is 7.08. The molecule has 4 N–H and O–H groups in total. The maximum absolute atomic E-state index is 10.4. The Balaban J connectivity index is 2.60. The predicted octanol–water partition coefficient (Wildman–Crippen LogP) is 1.71. The summed E-state index contributed by atoms with van der Waals surface area (Å²) in [5, 5.41) is 5.70. The number of nitrogens with two attached hydrogens (primary N) is 1. The van der Waals surface area contributed by atoms with E-state index in [9.17, 15) is 4.79 Å². The van der Waals surface area contributed by atoms with E-state index in [-0.39, 0.29) is 5.11 Å². The van der Waals surface area contributed by atoms with Crippen LogP contribution in [-0.4, -0.2) is 11.1 Å². The molecule has 1 aromatic rings. The fraction of sp³-hybridized carbons (Fsp3) is 0. The summed E-state index contributed by atoms with van der Waals surface area (Å²) < 4.78 is 0. The summed E-state index contributed by atoms with van der Waals surface area (Å²) >= 11 is 10.5. The molecule has 1 aromatic carbocycles. The van der Waals surface area contributed by atoms with Gasteiger partial charge in [-0.3, -0.25) is 5.32 Å². The third-order valence-electron chi connectivity index (χ3n) is 1.32. The molecule has 0 spiro atoms. The highest BCUT2D eigenvalue weighted by molar-refractivity contribution is 7.80. The molecule has 0 bridgehead atoms. The van der Waals surface area contributed by atoms with Crippen molar-refractivity contribution in [3.63, 3.8) is 0 Å². The number of urea groups is 1. The molecule has 0 saturated heterocycles. The minimum absolute atomic E-state index is 0.139. The van der Waals surface area contributed by atoms with Gasteiger partial charge in [0.1, 0.15) is 0 Å². The van der Waals surface area contributed by atoms with Crippen LogP contribution in [0.1, 0.15) is 0 Å². The molecule has 0 heterocycles. The number of benzene rings is 1. The number of hydrogen-bond donors (Lipinski definition) is 3. The standard InChI is InChI=1S/C8H8ClN3OS/c9-5-2-1-3-6(4-5)11-8(14)12-7(10)13/h1-4H,(H4,10,11,12,13,14). The lowest BCUT2D eigenvalue weighted by Crippen LogP contribution is -2.37. The van der Waals surface area contributed by atoms with Crippen LogP contribution in [0, 0.1) is 0 Å². The topological polar surface area (TPSA) is 67.2 Å². The fourth-order valence-electron chi connectivity index (χ4n) is 0.840. The number of carbonyl (C=O) groups is 1. The van der Waals surface area contributed by atoms with Gasteiger partial charge in [0, 0.05) is 10.7 Å². The molecule has 2 amide bonds. The van der Waals surface area contributed by atoms with Crippen molar-refractivity contribution in [1.82, 2.24) is 5.32 Å². The zero-order valence-corrected chi connectivity index (χ0v) is 8.65. The van der Waals surface area contributed by atoms with Crippen LogP contribution in [0.5, 0.6) is 0 Å². The van der Waals surface area contributed by atoms with Crippen molar-refractivity contribution in [1.29, 1.82) is 0 Å². The molecule has 74 valence electrons. The van der Waals surface area contributed by atoms with Crippen LogP contribution >= 0.6 is 23.8 Å². The zero-order chi connectivity index (χ0) is 10.6. The first-order valence-electron chi connectivity index (χ1n) is 3.71. The Morgan fingerprint density at radius 3 is 2.79 bits per heavy atom. The number of thiocarbonyl (C=S) groups is 1. The van der Waals surface area contributed by atoms with E-state index in [0.717, 1.165) is 0 Å². The first-order valence-corrected chi connectivity index (χ1v) is 4.49. The van der Waals surface area contributed by atoms with E-state index < -0.39 is 6.03 Å². The molecule has 0 radical (unpaired) electrons. The Morgan fingerprint density at radius 2 is 2.21 bits per heavy atom. The second-order valence-electron chi connectivity index (χ2n) is 2.45. The Bertz CT molecular complexity index is 369. The Kier molecular flexibility index (Phi) is 3.67. The minimum atomic E-state index is -0.704. The number of nitrogens with one attached hydrogen (secondary N) is 2. The summed E-state index contributed by atoms with van der Waals surface area (Å²) in [6.45, 7) is 0. The maximum atomic E-state index is 10.4. The highest BCUT2D eigenvalue weighted by Crippen LogP contribution is 2.14. The molecule has 0 atom stereocenters. The molecule has 1 rings (SSSR count). The number of halogens is 1. The molecular weight excluding hydrogens is 222 g/mol. The van der Waals surface area contributed by atoms with Gasteiger partial charge < -0.3 is 11.1 Å². The molecule has 6 heteroatoms. The number of primary amides is 1. The molecule has 0 unspecified atom stereocenters.